The number of amides is 1. The zero-order valence-electron chi connectivity index (χ0n) is 12.0. The van der Waals surface area contributed by atoms with Crippen molar-refractivity contribution < 1.29 is 9.72 Å². The molecule has 0 saturated carbocycles. The number of carbonyl (C=O) groups is 1. The summed E-state index contributed by atoms with van der Waals surface area (Å²) < 4.78 is 0. The van der Waals surface area contributed by atoms with Crippen molar-refractivity contribution in [3.05, 3.63) is 27.9 Å². The standard InChI is InChI=1S/C13H20N4O3/c1-9(2)8-15-13(18)6-7-14-12-5-4-11(17(19)20)10(3)16-12/h4-5,9H,6-8H2,1-3H3,(H,14,16)(H,15,18). The number of aryl methyl sites for hydroxylation is 1. The summed E-state index contributed by atoms with van der Waals surface area (Å²) in [5.74, 6) is 0.931. The molecule has 7 heteroatoms. The summed E-state index contributed by atoms with van der Waals surface area (Å²) >= 11 is 0. The molecule has 0 bridgehead atoms. The highest BCUT2D eigenvalue weighted by Crippen LogP contribution is 2.17. The minimum atomic E-state index is -0.467. The van der Waals surface area contributed by atoms with E-state index in [1.807, 2.05) is 13.8 Å². The Morgan fingerprint density at radius 1 is 1.45 bits per heavy atom. The van der Waals surface area contributed by atoms with Gasteiger partial charge < -0.3 is 10.6 Å². The Hall–Kier alpha value is -2.18. The number of aromatic nitrogens is 1. The number of nitrogens with zero attached hydrogens (tertiary/aromatic N) is 2. The quantitative estimate of drug-likeness (QED) is 0.587. The molecule has 1 heterocycles. The lowest BCUT2D eigenvalue weighted by Gasteiger charge is -2.09. The van der Waals surface area contributed by atoms with Crippen LogP contribution in [-0.2, 0) is 4.79 Å². The minimum absolute atomic E-state index is 0.00905. The predicted molar refractivity (Wildman–Crippen MR) is 76.6 cm³/mol. The highest BCUT2D eigenvalue weighted by Gasteiger charge is 2.11. The van der Waals surface area contributed by atoms with Crippen molar-refractivity contribution in [2.24, 2.45) is 5.92 Å². The number of hydrogen-bond donors (Lipinski definition) is 2. The number of rotatable bonds is 7. The van der Waals surface area contributed by atoms with Gasteiger partial charge in [0.1, 0.15) is 11.5 Å². The fourth-order valence-corrected chi connectivity index (χ4v) is 1.56. The van der Waals surface area contributed by atoms with Gasteiger partial charge >= 0.3 is 0 Å². The number of carbonyl (C=O) groups excluding carboxylic acids is 1. The first-order chi connectivity index (χ1) is 9.40. The molecule has 0 radical (unpaired) electrons. The monoisotopic (exact) mass is 280 g/mol. The number of anilines is 1. The van der Waals surface area contributed by atoms with Gasteiger partial charge in [-0.1, -0.05) is 13.8 Å². The van der Waals surface area contributed by atoms with Gasteiger partial charge in [0, 0.05) is 25.6 Å². The predicted octanol–water partition coefficient (Wildman–Crippen LogP) is 1.87. The average Bonchev–Trinajstić information content (AvgIpc) is 2.36. The lowest BCUT2D eigenvalue weighted by atomic mass is 10.2. The smallest absolute Gasteiger partial charge is 0.290 e. The van der Waals surface area contributed by atoms with Crippen LogP contribution < -0.4 is 10.6 Å². The first kappa shape index (κ1) is 15.9. The van der Waals surface area contributed by atoms with Crippen molar-refractivity contribution in [2.45, 2.75) is 27.2 Å². The van der Waals surface area contributed by atoms with Crippen molar-refractivity contribution in [3.63, 3.8) is 0 Å². The van der Waals surface area contributed by atoms with E-state index in [1.54, 1.807) is 6.92 Å². The van der Waals surface area contributed by atoms with Crippen LogP contribution in [0.25, 0.3) is 0 Å². The number of nitro groups is 1. The van der Waals surface area contributed by atoms with Gasteiger partial charge in [-0.05, 0) is 18.9 Å². The number of hydrogen-bond acceptors (Lipinski definition) is 5. The van der Waals surface area contributed by atoms with Gasteiger partial charge in [-0.25, -0.2) is 4.98 Å². The lowest BCUT2D eigenvalue weighted by molar-refractivity contribution is -0.385. The third-order valence-electron chi connectivity index (χ3n) is 2.62. The van der Waals surface area contributed by atoms with Crippen LogP contribution in [0.1, 0.15) is 26.0 Å². The molecule has 0 spiro atoms. The first-order valence-corrected chi connectivity index (χ1v) is 6.52. The van der Waals surface area contributed by atoms with Crippen LogP contribution in [0.15, 0.2) is 12.1 Å². The molecule has 0 aliphatic rings. The maximum absolute atomic E-state index is 11.5. The van der Waals surface area contributed by atoms with Crippen LogP contribution >= 0.6 is 0 Å². The number of nitrogens with one attached hydrogen (secondary N) is 2. The summed E-state index contributed by atoms with van der Waals surface area (Å²) in [6.07, 6.45) is 0.338. The van der Waals surface area contributed by atoms with E-state index in [-0.39, 0.29) is 11.6 Å². The van der Waals surface area contributed by atoms with Crippen LogP contribution in [-0.4, -0.2) is 28.9 Å². The molecule has 0 aromatic carbocycles. The largest absolute Gasteiger partial charge is 0.370 e. The van der Waals surface area contributed by atoms with E-state index in [9.17, 15) is 14.9 Å². The second kappa shape index (κ2) is 7.42. The van der Waals surface area contributed by atoms with Gasteiger partial charge in [-0.15, -0.1) is 0 Å². The zero-order valence-corrected chi connectivity index (χ0v) is 12.0. The summed E-state index contributed by atoms with van der Waals surface area (Å²) in [6, 6.07) is 2.95. The molecular formula is C13H20N4O3. The van der Waals surface area contributed by atoms with E-state index in [0.29, 0.717) is 36.9 Å². The lowest BCUT2D eigenvalue weighted by Crippen LogP contribution is -2.28. The first-order valence-electron chi connectivity index (χ1n) is 6.52. The van der Waals surface area contributed by atoms with Crippen LogP contribution in [0.4, 0.5) is 11.5 Å². The van der Waals surface area contributed by atoms with Crippen LogP contribution in [0.2, 0.25) is 0 Å². The van der Waals surface area contributed by atoms with E-state index >= 15 is 0 Å². The topological polar surface area (TPSA) is 97.2 Å². The Balaban J connectivity index is 2.41. The maximum Gasteiger partial charge on any atom is 0.290 e. The molecule has 0 atom stereocenters. The molecule has 2 N–H and O–H groups in total. The maximum atomic E-state index is 11.5. The van der Waals surface area contributed by atoms with Crippen molar-refractivity contribution in [1.29, 1.82) is 0 Å². The minimum Gasteiger partial charge on any atom is -0.370 e. The van der Waals surface area contributed by atoms with Crippen molar-refractivity contribution >= 4 is 17.4 Å². The molecule has 1 aromatic rings. The third kappa shape index (κ3) is 5.21. The van der Waals surface area contributed by atoms with E-state index in [4.69, 9.17) is 0 Å². The van der Waals surface area contributed by atoms with E-state index < -0.39 is 4.92 Å². The molecule has 1 rings (SSSR count). The third-order valence-corrected chi connectivity index (χ3v) is 2.62. The van der Waals surface area contributed by atoms with E-state index in [0.717, 1.165) is 0 Å². The fourth-order valence-electron chi connectivity index (χ4n) is 1.56. The van der Waals surface area contributed by atoms with Crippen molar-refractivity contribution in [3.8, 4) is 0 Å². The van der Waals surface area contributed by atoms with Gasteiger partial charge in [0.05, 0.1) is 4.92 Å². The Morgan fingerprint density at radius 3 is 2.70 bits per heavy atom. The molecule has 1 aromatic heterocycles. The second-order valence-corrected chi connectivity index (χ2v) is 4.93. The van der Waals surface area contributed by atoms with Gasteiger partial charge in [-0.2, -0.15) is 0 Å². The second-order valence-electron chi connectivity index (χ2n) is 4.93. The molecule has 1 amide bonds. The van der Waals surface area contributed by atoms with Gasteiger partial charge in [0.2, 0.25) is 5.91 Å². The summed E-state index contributed by atoms with van der Waals surface area (Å²) in [4.78, 5) is 25.8. The highest BCUT2D eigenvalue weighted by atomic mass is 16.6. The van der Waals surface area contributed by atoms with Gasteiger partial charge in [-0.3, -0.25) is 14.9 Å². The molecule has 7 nitrogen and oxygen atoms in total. The Morgan fingerprint density at radius 2 is 2.15 bits per heavy atom. The Bertz CT molecular complexity index is 489. The van der Waals surface area contributed by atoms with Crippen molar-refractivity contribution in [1.82, 2.24) is 10.3 Å². The Labute approximate surface area is 117 Å². The summed E-state index contributed by atoms with van der Waals surface area (Å²) in [7, 11) is 0. The molecule has 110 valence electrons. The van der Waals surface area contributed by atoms with Gasteiger partial charge in [0.25, 0.3) is 5.69 Å². The van der Waals surface area contributed by atoms with Crippen LogP contribution in [0.5, 0.6) is 0 Å². The molecule has 0 saturated heterocycles. The van der Waals surface area contributed by atoms with E-state index in [1.165, 1.54) is 12.1 Å². The highest BCUT2D eigenvalue weighted by molar-refractivity contribution is 5.76. The van der Waals surface area contributed by atoms with Crippen molar-refractivity contribution in [2.75, 3.05) is 18.4 Å². The molecule has 0 unspecified atom stereocenters. The Kier molecular flexibility index (Phi) is 5.89. The van der Waals surface area contributed by atoms with Crippen LogP contribution in [0.3, 0.4) is 0 Å². The molecule has 0 aliphatic heterocycles. The number of pyridine rings is 1. The SMILES string of the molecule is Cc1nc(NCCC(=O)NCC(C)C)ccc1[N+](=O)[O-]. The summed E-state index contributed by atoms with van der Waals surface area (Å²) in [5, 5.41) is 16.4. The molecular weight excluding hydrogens is 260 g/mol. The fraction of sp³-hybridized carbons (Fsp3) is 0.538. The van der Waals surface area contributed by atoms with Crippen LogP contribution in [0, 0.1) is 23.0 Å². The summed E-state index contributed by atoms with van der Waals surface area (Å²) in [6.45, 7) is 6.74. The summed E-state index contributed by atoms with van der Waals surface area (Å²) in [5.41, 5.74) is 0.342. The molecule has 20 heavy (non-hydrogen) atoms. The normalized spacial score (nSPS) is 10.4. The average molecular weight is 280 g/mol. The molecule has 0 aliphatic carbocycles. The zero-order chi connectivity index (χ0) is 15.1. The van der Waals surface area contributed by atoms with Gasteiger partial charge in [0.15, 0.2) is 0 Å². The molecule has 0 fully saturated rings. The van der Waals surface area contributed by atoms with E-state index in [2.05, 4.69) is 15.6 Å².